The van der Waals surface area contributed by atoms with Crippen molar-refractivity contribution >= 4 is 29.1 Å². The van der Waals surface area contributed by atoms with Crippen LogP contribution in [0.15, 0.2) is 12.2 Å². The first kappa shape index (κ1) is 20.7. The minimum Gasteiger partial charge on any atom is -0.460 e. The second-order valence-electron chi connectivity index (χ2n) is 9.35. The van der Waals surface area contributed by atoms with E-state index in [4.69, 9.17) is 13.2 Å². The number of imide groups is 1. The number of allylic oxidation sites excluding steroid dienone is 2. The van der Waals surface area contributed by atoms with Crippen LogP contribution in [-0.2, 0) is 38.9 Å². The SMILES string of the molecule is CC(C)(C)OC(=O)C1CCC(OS(=O)ON2C(=O)C3C4C=CC(C4)C3C2=O)CC1. The average molecular weight is 426 g/mol. The van der Waals surface area contributed by atoms with Gasteiger partial charge in [0.05, 0.1) is 23.9 Å². The molecule has 3 aliphatic carbocycles. The van der Waals surface area contributed by atoms with E-state index in [0.29, 0.717) is 30.7 Å². The van der Waals surface area contributed by atoms with Crippen molar-refractivity contribution in [2.24, 2.45) is 29.6 Å². The van der Waals surface area contributed by atoms with Gasteiger partial charge in [0, 0.05) is 0 Å². The maximum absolute atomic E-state index is 12.6. The quantitative estimate of drug-likeness (QED) is 0.378. The number of amides is 2. The zero-order valence-electron chi connectivity index (χ0n) is 16.9. The van der Waals surface area contributed by atoms with E-state index in [0.717, 1.165) is 6.42 Å². The Morgan fingerprint density at radius 2 is 1.59 bits per heavy atom. The monoisotopic (exact) mass is 425 g/mol. The minimum absolute atomic E-state index is 0.0625. The van der Waals surface area contributed by atoms with Gasteiger partial charge in [-0.05, 0) is 64.7 Å². The van der Waals surface area contributed by atoms with Crippen LogP contribution in [-0.4, -0.2) is 38.8 Å². The molecule has 160 valence electrons. The van der Waals surface area contributed by atoms with E-state index in [1.54, 1.807) is 0 Å². The molecule has 1 saturated heterocycles. The minimum atomic E-state index is -2.25. The summed E-state index contributed by atoms with van der Waals surface area (Å²) in [5.74, 6) is -1.97. The maximum atomic E-state index is 12.6. The van der Waals surface area contributed by atoms with Crippen molar-refractivity contribution in [1.29, 1.82) is 0 Å². The van der Waals surface area contributed by atoms with Crippen molar-refractivity contribution in [2.75, 3.05) is 0 Å². The largest absolute Gasteiger partial charge is 0.460 e. The van der Waals surface area contributed by atoms with E-state index >= 15 is 0 Å². The van der Waals surface area contributed by atoms with Gasteiger partial charge in [-0.1, -0.05) is 12.2 Å². The summed E-state index contributed by atoms with van der Waals surface area (Å²) < 4.78 is 28.2. The van der Waals surface area contributed by atoms with E-state index in [2.05, 4.69) is 0 Å². The molecule has 5 unspecified atom stereocenters. The van der Waals surface area contributed by atoms with E-state index in [9.17, 15) is 18.6 Å². The number of nitrogens with zero attached hydrogens (tertiary/aromatic N) is 1. The number of hydroxylamine groups is 2. The summed E-state index contributed by atoms with van der Waals surface area (Å²) in [6.07, 6.45) is 6.62. The fraction of sp³-hybridized carbons (Fsp3) is 0.750. The van der Waals surface area contributed by atoms with Gasteiger partial charge in [-0.3, -0.25) is 18.6 Å². The van der Waals surface area contributed by atoms with Gasteiger partial charge in [0.2, 0.25) is 0 Å². The third-order valence-electron chi connectivity index (χ3n) is 6.19. The Balaban J connectivity index is 1.26. The fourth-order valence-corrected chi connectivity index (χ4v) is 5.64. The van der Waals surface area contributed by atoms with Crippen LogP contribution in [0.5, 0.6) is 0 Å². The van der Waals surface area contributed by atoms with Crippen LogP contribution in [0.3, 0.4) is 0 Å². The highest BCUT2D eigenvalue weighted by Gasteiger charge is 2.60. The van der Waals surface area contributed by atoms with Gasteiger partial charge >= 0.3 is 17.3 Å². The third kappa shape index (κ3) is 4.04. The maximum Gasteiger partial charge on any atom is 0.328 e. The predicted octanol–water partition coefficient (Wildman–Crippen LogP) is 2.22. The number of carbonyl (C=O) groups is 3. The number of hydrogen-bond acceptors (Lipinski definition) is 7. The van der Waals surface area contributed by atoms with Crippen molar-refractivity contribution in [3.63, 3.8) is 0 Å². The zero-order chi connectivity index (χ0) is 20.9. The van der Waals surface area contributed by atoms with Gasteiger partial charge in [-0.15, -0.1) is 9.35 Å². The normalized spacial score (nSPS) is 37.1. The molecule has 2 amide bonds. The zero-order valence-corrected chi connectivity index (χ0v) is 17.7. The lowest BCUT2D eigenvalue weighted by molar-refractivity contribution is -0.168. The molecule has 0 spiro atoms. The van der Waals surface area contributed by atoms with E-state index in [1.807, 2.05) is 32.9 Å². The molecule has 2 saturated carbocycles. The molecule has 8 nitrogen and oxygen atoms in total. The molecule has 4 rings (SSSR count). The van der Waals surface area contributed by atoms with E-state index in [-0.39, 0.29) is 29.8 Å². The summed E-state index contributed by atoms with van der Waals surface area (Å²) in [7, 11) is 0. The van der Waals surface area contributed by atoms with Gasteiger partial charge < -0.3 is 4.74 Å². The second kappa shape index (κ2) is 7.59. The Hall–Kier alpha value is -1.58. The molecule has 29 heavy (non-hydrogen) atoms. The molecule has 2 bridgehead atoms. The molecule has 1 aliphatic heterocycles. The van der Waals surface area contributed by atoms with E-state index in [1.165, 1.54) is 0 Å². The van der Waals surface area contributed by atoms with Crippen LogP contribution in [0.2, 0.25) is 0 Å². The number of ether oxygens (including phenoxy) is 1. The number of fused-ring (bicyclic) bond motifs is 5. The van der Waals surface area contributed by atoms with Crippen LogP contribution in [0.1, 0.15) is 52.9 Å². The summed E-state index contributed by atoms with van der Waals surface area (Å²) in [4.78, 5) is 37.3. The Labute approximate surface area is 172 Å². The lowest BCUT2D eigenvalue weighted by atomic mass is 9.85. The number of rotatable bonds is 5. The van der Waals surface area contributed by atoms with Gasteiger partial charge in [-0.2, -0.15) is 4.21 Å². The topological polar surface area (TPSA) is 99.2 Å². The molecule has 0 aromatic carbocycles. The predicted molar refractivity (Wildman–Crippen MR) is 101 cm³/mol. The Morgan fingerprint density at radius 3 is 2.10 bits per heavy atom. The molecule has 0 aromatic rings. The summed E-state index contributed by atoms with van der Waals surface area (Å²) in [6, 6.07) is 0. The highest BCUT2D eigenvalue weighted by Crippen LogP contribution is 2.52. The lowest BCUT2D eigenvalue weighted by Gasteiger charge is -2.29. The van der Waals surface area contributed by atoms with Crippen molar-refractivity contribution in [3.05, 3.63) is 12.2 Å². The summed E-state index contributed by atoms with van der Waals surface area (Å²) in [5.41, 5.74) is -0.526. The molecular weight excluding hydrogens is 398 g/mol. The van der Waals surface area contributed by atoms with Crippen molar-refractivity contribution in [3.8, 4) is 0 Å². The van der Waals surface area contributed by atoms with Crippen LogP contribution in [0.4, 0.5) is 0 Å². The Bertz CT molecular complexity index is 735. The number of hydrogen-bond donors (Lipinski definition) is 0. The summed E-state index contributed by atoms with van der Waals surface area (Å²) in [6.45, 7) is 5.49. The first-order valence-corrected chi connectivity index (χ1v) is 11.2. The van der Waals surface area contributed by atoms with Gasteiger partial charge in [0.1, 0.15) is 5.60 Å². The molecule has 0 aromatic heterocycles. The standard InChI is InChI=1S/C20H27NO7S/c1-20(2,3)26-19(24)11-6-8-14(9-7-11)27-29(25)28-21-17(22)15-12-4-5-13(10-12)16(15)18(21)23/h4-5,11-16H,6-10H2,1-3H3. The van der Waals surface area contributed by atoms with Crippen LogP contribution in [0, 0.1) is 29.6 Å². The lowest BCUT2D eigenvalue weighted by Crippen LogP contribution is -2.36. The molecule has 1 heterocycles. The molecule has 4 aliphatic rings. The van der Waals surface area contributed by atoms with Crippen molar-refractivity contribution in [2.45, 2.75) is 64.6 Å². The second-order valence-corrected chi connectivity index (χ2v) is 10.1. The first-order valence-electron chi connectivity index (χ1n) is 10.2. The first-order chi connectivity index (χ1) is 13.6. The smallest absolute Gasteiger partial charge is 0.328 e. The van der Waals surface area contributed by atoms with Gasteiger partial charge in [-0.25, -0.2) is 0 Å². The highest BCUT2D eigenvalue weighted by atomic mass is 32.2. The molecular formula is C20H27NO7S. The van der Waals surface area contributed by atoms with Gasteiger partial charge in [0.25, 0.3) is 11.8 Å². The number of carbonyl (C=O) groups excluding carboxylic acids is 3. The molecule has 3 fully saturated rings. The van der Waals surface area contributed by atoms with Crippen LogP contribution in [0.25, 0.3) is 0 Å². The molecule has 5 atom stereocenters. The Morgan fingerprint density at radius 1 is 1.03 bits per heavy atom. The van der Waals surface area contributed by atoms with Gasteiger partial charge in [0.15, 0.2) is 0 Å². The van der Waals surface area contributed by atoms with Crippen molar-refractivity contribution in [1.82, 2.24) is 5.06 Å². The summed E-state index contributed by atoms with van der Waals surface area (Å²) in [5, 5.41) is 0.643. The van der Waals surface area contributed by atoms with Crippen molar-refractivity contribution < 1.29 is 31.8 Å². The fourth-order valence-electron chi connectivity index (χ4n) is 4.92. The third-order valence-corrected chi connectivity index (χ3v) is 6.89. The Kier molecular flexibility index (Phi) is 5.41. The summed E-state index contributed by atoms with van der Waals surface area (Å²) >= 11 is -2.25. The highest BCUT2D eigenvalue weighted by molar-refractivity contribution is 7.75. The molecule has 0 N–H and O–H groups in total. The van der Waals surface area contributed by atoms with Crippen LogP contribution < -0.4 is 0 Å². The van der Waals surface area contributed by atoms with E-state index < -0.39 is 40.6 Å². The average Bonchev–Trinajstić information content (AvgIpc) is 3.31. The molecule has 9 heteroatoms. The van der Waals surface area contributed by atoms with Crippen LogP contribution >= 0.6 is 0 Å². The number of esters is 1. The molecule has 0 radical (unpaired) electrons.